The summed E-state index contributed by atoms with van der Waals surface area (Å²) in [5.41, 5.74) is 1.28. The van der Waals surface area contributed by atoms with Gasteiger partial charge < -0.3 is 9.80 Å². The molecule has 0 unspecified atom stereocenters. The number of carbonyl (C=O) groups is 1. The molecule has 3 saturated heterocycles. The number of amides is 1. The average Bonchev–Trinajstić information content (AvgIpc) is 3.30. The van der Waals surface area contributed by atoms with Gasteiger partial charge in [0.1, 0.15) is 0 Å². The van der Waals surface area contributed by atoms with Gasteiger partial charge in [-0.15, -0.1) is 0 Å². The fourth-order valence-corrected chi connectivity index (χ4v) is 5.08. The lowest BCUT2D eigenvalue weighted by Crippen LogP contribution is -2.49. The predicted octanol–water partition coefficient (Wildman–Crippen LogP) is 3.50. The number of hydrogen-bond donors (Lipinski definition) is 0. The van der Waals surface area contributed by atoms with Crippen LogP contribution in [0.1, 0.15) is 44.1 Å². The van der Waals surface area contributed by atoms with Gasteiger partial charge in [0, 0.05) is 31.6 Å². The van der Waals surface area contributed by atoms with E-state index in [0.29, 0.717) is 5.91 Å². The highest BCUT2D eigenvalue weighted by atomic mass is 16.2. The molecule has 0 atom stereocenters. The van der Waals surface area contributed by atoms with Crippen LogP contribution in [-0.2, 0) is 4.79 Å². The summed E-state index contributed by atoms with van der Waals surface area (Å²) in [7, 11) is 0. The molecule has 0 aliphatic carbocycles. The molecule has 0 N–H and O–H groups in total. The lowest BCUT2D eigenvalue weighted by atomic mass is 9.92. The van der Waals surface area contributed by atoms with Crippen molar-refractivity contribution in [3.63, 3.8) is 0 Å². The maximum absolute atomic E-state index is 12.6. The Morgan fingerprint density at radius 1 is 0.893 bits per heavy atom. The van der Waals surface area contributed by atoms with Crippen LogP contribution in [0.4, 0.5) is 0 Å². The zero-order chi connectivity index (χ0) is 19.2. The first kappa shape index (κ1) is 19.7. The molecule has 3 aliphatic rings. The zero-order valence-electron chi connectivity index (χ0n) is 17.1. The summed E-state index contributed by atoms with van der Waals surface area (Å²) >= 11 is 0. The molecule has 0 saturated carbocycles. The third-order valence-corrected chi connectivity index (χ3v) is 6.84. The summed E-state index contributed by atoms with van der Waals surface area (Å²) in [6, 6.07) is 11.3. The first-order chi connectivity index (χ1) is 13.8. The Balaban J connectivity index is 1.16. The standard InChI is InChI=1S/C24H35N3O/c28-24(27-15-4-5-16-27)22-10-19-26(20-11-22)23-12-17-25(18-13-23)14-6-9-21-7-2-1-3-8-21/h1-3,6-9,22-23H,4-5,10-20H2/b9-6+. The Labute approximate surface area is 170 Å². The fourth-order valence-electron chi connectivity index (χ4n) is 5.08. The molecule has 0 bridgehead atoms. The number of rotatable bonds is 5. The summed E-state index contributed by atoms with van der Waals surface area (Å²) in [5.74, 6) is 0.731. The summed E-state index contributed by atoms with van der Waals surface area (Å²) in [5, 5.41) is 0. The maximum Gasteiger partial charge on any atom is 0.225 e. The van der Waals surface area contributed by atoms with Crippen molar-refractivity contribution in [2.45, 2.75) is 44.6 Å². The van der Waals surface area contributed by atoms with E-state index in [-0.39, 0.29) is 5.92 Å². The van der Waals surface area contributed by atoms with Crippen molar-refractivity contribution in [3.8, 4) is 0 Å². The second-order valence-electron chi connectivity index (χ2n) is 8.69. The van der Waals surface area contributed by atoms with Crippen molar-refractivity contribution in [2.24, 2.45) is 5.92 Å². The van der Waals surface area contributed by atoms with E-state index in [1.165, 1.54) is 44.3 Å². The molecule has 3 fully saturated rings. The number of piperidine rings is 2. The first-order valence-corrected chi connectivity index (χ1v) is 11.3. The molecule has 3 aliphatic heterocycles. The SMILES string of the molecule is O=C(C1CCN(C2CCN(C/C=C/c3ccccc3)CC2)CC1)N1CCCC1. The Morgan fingerprint density at radius 3 is 2.25 bits per heavy atom. The van der Waals surface area contributed by atoms with Gasteiger partial charge in [0.2, 0.25) is 5.91 Å². The summed E-state index contributed by atoms with van der Waals surface area (Å²) in [6.45, 7) is 7.65. The van der Waals surface area contributed by atoms with Crippen LogP contribution >= 0.6 is 0 Å². The van der Waals surface area contributed by atoms with Crippen molar-refractivity contribution in [3.05, 3.63) is 42.0 Å². The van der Waals surface area contributed by atoms with Gasteiger partial charge in [-0.2, -0.15) is 0 Å². The molecule has 28 heavy (non-hydrogen) atoms. The van der Waals surface area contributed by atoms with E-state index in [1.807, 2.05) is 0 Å². The van der Waals surface area contributed by atoms with E-state index >= 15 is 0 Å². The number of likely N-dealkylation sites (tertiary alicyclic amines) is 3. The number of carbonyl (C=O) groups excluding carboxylic acids is 1. The largest absolute Gasteiger partial charge is 0.342 e. The van der Waals surface area contributed by atoms with Crippen LogP contribution in [0.3, 0.4) is 0 Å². The molecule has 1 aromatic rings. The van der Waals surface area contributed by atoms with E-state index in [2.05, 4.69) is 57.2 Å². The molecule has 1 aromatic carbocycles. The van der Waals surface area contributed by atoms with Crippen LogP contribution in [0.15, 0.2) is 36.4 Å². The second kappa shape index (κ2) is 9.71. The monoisotopic (exact) mass is 381 g/mol. The van der Waals surface area contributed by atoms with Gasteiger partial charge in [0.05, 0.1) is 0 Å². The third kappa shape index (κ3) is 5.03. The normalized spacial score (nSPS) is 23.6. The molecular formula is C24H35N3O. The zero-order valence-corrected chi connectivity index (χ0v) is 17.1. The molecule has 152 valence electrons. The molecule has 4 heteroatoms. The van der Waals surface area contributed by atoms with Crippen LogP contribution < -0.4 is 0 Å². The predicted molar refractivity (Wildman–Crippen MR) is 115 cm³/mol. The van der Waals surface area contributed by atoms with E-state index in [0.717, 1.165) is 51.6 Å². The summed E-state index contributed by atoms with van der Waals surface area (Å²) < 4.78 is 0. The van der Waals surface area contributed by atoms with Crippen molar-refractivity contribution in [2.75, 3.05) is 45.8 Å². The van der Waals surface area contributed by atoms with Gasteiger partial charge in [-0.25, -0.2) is 0 Å². The third-order valence-electron chi connectivity index (χ3n) is 6.84. The summed E-state index contributed by atoms with van der Waals surface area (Å²) in [4.78, 5) is 20.0. The van der Waals surface area contributed by atoms with Crippen LogP contribution in [0.2, 0.25) is 0 Å². The minimum absolute atomic E-state index is 0.289. The Kier molecular flexibility index (Phi) is 6.81. The van der Waals surface area contributed by atoms with Crippen molar-refractivity contribution in [1.29, 1.82) is 0 Å². The number of nitrogens with zero attached hydrogens (tertiary/aromatic N) is 3. The highest BCUT2D eigenvalue weighted by Crippen LogP contribution is 2.26. The summed E-state index contributed by atoms with van der Waals surface area (Å²) in [6.07, 6.45) is 11.6. The van der Waals surface area contributed by atoms with E-state index in [1.54, 1.807) is 0 Å². The smallest absolute Gasteiger partial charge is 0.225 e. The molecule has 4 rings (SSSR count). The van der Waals surface area contributed by atoms with Crippen molar-refractivity contribution < 1.29 is 4.79 Å². The molecule has 0 aromatic heterocycles. The van der Waals surface area contributed by atoms with Crippen LogP contribution in [0, 0.1) is 5.92 Å². The van der Waals surface area contributed by atoms with Gasteiger partial charge in [0.15, 0.2) is 0 Å². The molecule has 0 radical (unpaired) electrons. The Bertz CT molecular complexity index is 637. The van der Waals surface area contributed by atoms with Crippen LogP contribution in [-0.4, -0.2) is 72.5 Å². The topological polar surface area (TPSA) is 26.8 Å². The first-order valence-electron chi connectivity index (χ1n) is 11.3. The minimum atomic E-state index is 0.289. The van der Waals surface area contributed by atoms with Gasteiger partial charge in [-0.1, -0.05) is 42.5 Å². The Morgan fingerprint density at radius 2 is 1.57 bits per heavy atom. The maximum atomic E-state index is 12.6. The quantitative estimate of drug-likeness (QED) is 0.781. The van der Waals surface area contributed by atoms with Crippen molar-refractivity contribution in [1.82, 2.24) is 14.7 Å². The van der Waals surface area contributed by atoms with Crippen molar-refractivity contribution >= 4 is 12.0 Å². The average molecular weight is 382 g/mol. The molecule has 0 spiro atoms. The fraction of sp³-hybridized carbons (Fsp3) is 0.625. The Hall–Kier alpha value is -1.65. The van der Waals surface area contributed by atoms with E-state index in [4.69, 9.17) is 0 Å². The van der Waals surface area contributed by atoms with Gasteiger partial charge in [-0.05, 0) is 70.3 Å². The molecule has 1 amide bonds. The van der Waals surface area contributed by atoms with Gasteiger partial charge >= 0.3 is 0 Å². The van der Waals surface area contributed by atoms with E-state index < -0.39 is 0 Å². The van der Waals surface area contributed by atoms with Crippen LogP contribution in [0.5, 0.6) is 0 Å². The molecular weight excluding hydrogens is 346 g/mol. The van der Waals surface area contributed by atoms with Gasteiger partial charge in [-0.3, -0.25) is 9.69 Å². The number of hydrogen-bond acceptors (Lipinski definition) is 3. The highest BCUT2D eigenvalue weighted by Gasteiger charge is 2.32. The minimum Gasteiger partial charge on any atom is -0.342 e. The van der Waals surface area contributed by atoms with Gasteiger partial charge in [0.25, 0.3) is 0 Å². The lowest BCUT2D eigenvalue weighted by Gasteiger charge is -2.41. The second-order valence-corrected chi connectivity index (χ2v) is 8.69. The lowest BCUT2D eigenvalue weighted by molar-refractivity contribution is -0.136. The van der Waals surface area contributed by atoms with Crippen LogP contribution in [0.25, 0.3) is 6.08 Å². The molecule has 3 heterocycles. The van der Waals surface area contributed by atoms with E-state index in [9.17, 15) is 4.79 Å². The highest BCUT2D eigenvalue weighted by molar-refractivity contribution is 5.79. The number of benzene rings is 1. The molecule has 4 nitrogen and oxygen atoms in total.